The predicted molar refractivity (Wildman–Crippen MR) is 58.5 cm³/mol. The number of amides is 1. The molecule has 4 heteroatoms. The molecule has 0 spiro atoms. The van der Waals surface area contributed by atoms with Crippen LogP contribution in [0.4, 0.5) is 0 Å². The number of nitrogens with two attached hydrogens (primary N) is 2. The molecule has 0 saturated carbocycles. The van der Waals surface area contributed by atoms with Crippen LogP contribution in [0.1, 0.15) is 12.5 Å². The summed E-state index contributed by atoms with van der Waals surface area (Å²) < 4.78 is 5.27. The Morgan fingerprint density at radius 3 is 2.73 bits per heavy atom. The third-order valence-corrected chi connectivity index (χ3v) is 1.88. The Morgan fingerprint density at radius 1 is 1.47 bits per heavy atom. The van der Waals surface area contributed by atoms with Crippen LogP contribution in [0.2, 0.25) is 0 Å². The quantitative estimate of drug-likeness (QED) is 0.737. The first-order valence-corrected chi connectivity index (χ1v) is 4.84. The topological polar surface area (TPSA) is 78.3 Å². The third kappa shape index (κ3) is 3.99. The van der Waals surface area contributed by atoms with E-state index in [0.29, 0.717) is 5.75 Å². The number of carbonyl (C=O) groups excluding carboxylic acids is 1. The van der Waals surface area contributed by atoms with Crippen LogP contribution in [0.3, 0.4) is 0 Å². The van der Waals surface area contributed by atoms with E-state index in [1.165, 1.54) is 0 Å². The van der Waals surface area contributed by atoms with E-state index in [0.717, 1.165) is 12.0 Å². The SMILES string of the molecule is CC(N)Cc1ccccc1OCC(N)=O. The molecule has 1 unspecified atom stereocenters. The predicted octanol–water partition coefficient (Wildman–Crippen LogP) is 0.440. The Bertz CT molecular complexity index is 337. The lowest BCUT2D eigenvalue weighted by molar-refractivity contribution is -0.119. The van der Waals surface area contributed by atoms with E-state index in [4.69, 9.17) is 16.2 Å². The highest BCUT2D eigenvalue weighted by atomic mass is 16.5. The molecule has 0 aliphatic rings. The summed E-state index contributed by atoms with van der Waals surface area (Å²) >= 11 is 0. The van der Waals surface area contributed by atoms with Gasteiger partial charge >= 0.3 is 0 Å². The van der Waals surface area contributed by atoms with E-state index in [2.05, 4.69) is 0 Å². The molecule has 1 atom stereocenters. The standard InChI is InChI=1S/C11H16N2O2/c1-8(12)6-9-4-2-3-5-10(9)15-7-11(13)14/h2-5,8H,6-7,12H2,1H3,(H2,13,14). The molecule has 0 heterocycles. The molecule has 1 aromatic rings. The van der Waals surface area contributed by atoms with Gasteiger partial charge in [-0.3, -0.25) is 4.79 Å². The van der Waals surface area contributed by atoms with E-state index in [-0.39, 0.29) is 12.6 Å². The van der Waals surface area contributed by atoms with Gasteiger partial charge in [-0.2, -0.15) is 0 Å². The fourth-order valence-corrected chi connectivity index (χ4v) is 1.31. The van der Waals surface area contributed by atoms with Crippen molar-refractivity contribution in [3.8, 4) is 5.75 Å². The first-order valence-electron chi connectivity index (χ1n) is 4.84. The monoisotopic (exact) mass is 208 g/mol. The molecule has 0 aromatic heterocycles. The molecule has 0 saturated heterocycles. The Balaban J connectivity index is 2.72. The van der Waals surface area contributed by atoms with E-state index in [9.17, 15) is 4.79 Å². The Labute approximate surface area is 89.2 Å². The Morgan fingerprint density at radius 2 is 2.13 bits per heavy atom. The van der Waals surface area contributed by atoms with Gasteiger partial charge in [-0.1, -0.05) is 18.2 Å². The molecule has 4 N–H and O–H groups in total. The molecule has 82 valence electrons. The van der Waals surface area contributed by atoms with Gasteiger partial charge in [-0.05, 0) is 25.0 Å². The number of primary amides is 1. The minimum atomic E-state index is -0.481. The zero-order valence-electron chi connectivity index (χ0n) is 8.77. The highest BCUT2D eigenvalue weighted by Gasteiger charge is 2.06. The van der Waals surface area contributed by atoms with Crippen LogP contribution in [0.5, 0.6) is 5.75 Å². The highest BCUT2D eigenvalue weighted by molar-refractivity contribution is 5.75. The molecule has 0 aliphatic carbocycles. The van der Waals surface area contributed by atoms with Crippen molar-refractivity contribution in [1.29, 1.82) is 0 Å². The summed E-state index contributed by atoms with van der Waals surface area (Å²) in [7, 11) is 0. The fraction of sp³-hybridized carbons (Fsp3) is 0.364. The first-order chi connectivity index (χ1) is 7.09. The Hall–Kier alpha value is -1.55. The lowest BCUT2D eigenvalue weighted by atomic mass is 10.1. The van der Waals surface area contributed by atoms with Crippen LogP contribution in [0.25, 0.3) is 0 Å². The van der Waals surface area contributed by atoms with Gasteiger partial charge in [0.1, 0.15) is 5.75 Å². The van der Waals surface area contributed by atoms with Crippen molar-refractivity contribution in [2.75, 3.05) is 6.61 Å². The fourth-order valence-electron chi connectivity index (χ4n) is 1.31. The molecular weight excluding hydrogens is 192 g/mol. The molecule has 0 fully saturated rings. The van der Waals surface area contributed by atoms with Gasteiger partial charge in [-0.15, -0.1) is 0 Å². The number of para-hydroxylation sites is 1. The van der Waals surface area contributed by atoms with Gasteiger partial charge in [0.2, 0.25) is 0 Å². The van der Waals surface area contributed by atoms with Crippen molar-refractivity contribution in [2.24, 2.45) is 11.5 Å². The number of hydrogen-bond acceptors (Lipinski definition) is 3. The molecule has 4 nitrogen and oxygen atoms in total. The summed E-state index contributed by atoms with van der Waals surface area (Å²) in [6.45, 7) is 1.82. The number of benzene rings is 1. The van der Waals surface area contributed by atoms with Crippen molar-refractivity contribution in [2.45, 2.75) is 19.4 Å². The van der Waals surface area contributed by atoms with E-state index >= 15 is 0 Å². The van der Waals surface area contributed by atoms with Crippen LogP contribution < -0.4 is 16.2 Å². The second-order valence-corrected chi connectivity index (χ2v) is 3.54. The summed E-state index contributed by atoms with van der Waals surface area (Å²) in [5.74, 6) is 0.194. The van der Waals surface area contributed by atoms with Gasteiger partial charge in [0.05, 0.1) is 0 Å². The normalized spacial score (nSPS) is 12.1. The molecule has 0 aliphatic heterocycles. The Kier molecular flexibility index (Phi) is 4.12. The molecule has 1 amide bonds. The first kappa shape index (κ1) is 11.5. The number of hydrogen-bond donors (Lipinski definition) is 2. The lowest BCUT2D eigenvalue weighted by Gasteiger charge is -2.11. The largest absolute Gasteiger partial charge is 0.484 e. The zero-order valence-corrected chi connectivity index (χ0v) is 8.77. The highest BCUT2D eigenvalue weighted by Crippen LogP contribution is 2.18. The summed E-state index contributed by atoms with van der Waals surface area (Å²) in [4.78, 5) is 10.6. The van der Waals surface area contributed by atoms with Gasteiger partial charge < -0.3 is 16.2 Å². The molecular formula is C11H16N2O2. The second kappa shape index (κ2) is 5.36. The summed E-state index contributed by atoms with van der Waals surface area (Å²) in [5.41, 5.74) is 11.7. The average Bonchev–Trinajstić information content (AvgIpc) is 2.15. The van der Waals surface area contributed by atoms with Gasteiger partial charge in [0.15, 0.2) is 6.61 Å². The minimum Gasteiger partial charge on any atom is -0.484 e. The number of rotatable bonds is 5. The molecule has 1 rings (SSSR count). The van der Waals surface area contributed by atoms with Crippen LogP contribution in [0, 0.1) is 0 Å². The minimum absolute atomic E-state index is 0.0586. The van der Waals surface area contributed by atoms with Gasteiger partial charge in [0.25, 0.3) is 5.91 Å². The summed E-state index contributed by atoms with van der Waals surface area (Å²) in [6, 6.07) is 7.55. The van der Waals surface area contributed by atoms with Crippen molar-refractivity contribution in [3.63, 3.8) is 0 Å². The van der Waals surface area contributed by atoms with Crippen LogP contribution >= 0.6 is 0 Å². The molecule has 15 heavy (non-hydrogen) atoms. The maximum atomic E-state index is 10.6. The van der Waals surface area contributed by atoms with Crippen molar-refractivity contribution in [1.82, 2.24) is 0 Å². The van der Waals surface area contributed by atoms with Crippen molar-refractivity contribution < 1.29 is 9.53 Å². The van der Waals surface area contributed by atoms with Crippen molar-refractivity contribution >= 4 is 5.91 Å². The second-order valence-electron chi connectivity index (χ2n) is 3.54. The average molecular weight is 208 g/mol. The van der Waals surface area contributed by atoms with Gasteiger partial charge in [-0.25, -0.2) is 0 Å². The van der Waals surface area contributed by atoms with Crippen LogP contribution in [0.15, 0.2) is 24.3 Å². The van der Waals surface area contributed by atoms with E-state index < -0.39 is 5.91 Å². The maximum Gasteiger partial charge on any atom is 0.255 e. The summed E-state index contributed by atoms with van der Waals surface area (Å²) in [5, 5.41) is 0. The van der Waals surface area contributed by atoms with E-state index in [1.54, 1.807) is 6.07 Å². The van der Waals surface area contributed by atoms with Crippen LogP contribution in [-0.2, 0) is 11.2 Å². The molecule has 0 bridgehead atoms. The van der Waals surface area contributed by atoms with E-state index in [1.807, 2.05) is 25.1 Å². The number of ether oxygens (including phenoxy) is 1. The zero-order chi connectivity index (χ0) is 11.3. The summed E-state index contributed by atoms with van der Waals surface area (Å²) in [6.07, 6.45) is 0.717. The van der Waals surface area contributed by atoms with Crippen LogP contribution in [-0.4, -0.2) is 18.6 Å². The maximum absolute atomic E-state index is 10.6. The lowest BCUT2D eigenvalue weighted by Crippen LogP contribution is -2.22. The molecule has 1 aromatic carbocycles. The van der Waals surface area contributed by atoms with Gasteiger partial charge in [0, 0.05) is 6.04 Å². The number of carbonyl (C=O) groups is 1. The smallest absolute Gasteiger partial charge is 0.255 e. The molecule has 0 radical (unpaired) electrons. The van der Waals surface area contributed by atoms with Crippen molar-refractivity contribution in [3.05, 3.63) is 29.8 Å². The third-order valence-electron chi connectivity index (χ3n) is 1.88.